The predicted octanol–water partition coefficient (Wildman–Crippen LogP) is 3.28. The molecular formula is C17H14FN3O2. The van der Waals surface area contributed by atoms with Crippen molar-refractivity contribution in [2.24, 2.45) is 0 Å². The summed E-state index contributed by atoms with van der Waals surface area (Å²) in [4.78, 5) is 12.2. The van der Waals surface area contributed by atoms with Crippen LogP contribution in [0.5, 0.6) is 5.75 Å². The largest absolute Gasteiger partial charge is 0.504 e. The molecule has 0 aliphatic carbocycles. The number of aromatic hydroxyl groups is 1. The minimum absolute atomic E-state index is 0.101. The van der Waals surface area contributed by atoms with E-state index in [1.807, 2.05) is 25.1 Å². The molecule has 0 aliphatic rings. The number of carbonyl (C=O) groups is 1. The van der Waals surface area contributed by atoms with Crippen molar-refractivity contribution >= 4 is 11.6 Å². The number of amides is 1. The van der Waals surface area contributed by atoms with Crippen LogP contribution in [0.25, 0.3) is 5.69 Å². The maximum atomic E-state index is 12.9. The molecule has 23 heavy (non-hydrogen) atoms. The van der Waals surface area contributed by atoms with E-state index in [1.165, 1.54) is 35.1 Å². The molecule has 6 heteroatoms. The van der Waals surface area contributed by atoms with Crippen molar-refractivity contribution in [1.82, 2.24) is 9.78 Å². The zero-order chi connectivity index (χ0) is 16.4. The third kappa shape index (κ3) is 3.21. The summed E-state index contributed by atoms with van der Waals surface area (Å²) in [6.45, 7) is 1.91. The monoisotopic (exact) mass is 311 g/mol. The van der Waals surface area contributed by atoms with Crippen LogP contribution in [0.3, 0.4) is 0 Å². The van der Waals surface area contributed by atoms with E-state index in [0.29, 0.717) is 11.4 Å². The topological polar surface area (TPSA) is 67.2 Å². The number of nitrogens with one attached hydrogen (secondary N) is 1. The molecule has 3 rings (SSSR count). The minimum atomic E-state index is -0.519. The highest BCUT2D eigenvalue weighted by molar-refractivity contribution is 6.04. The van der Waals surface area contributed by atoms with Crippen LogP contribution < -0.4 is 5.32 Å². The number of rotatable bonds is 3. The number of anilines is 1. The van der Waals surface area contributed by atoms with E-state index in [9.17, 15) is 14.3 Å². The molecule has 116 valence electrons. The van der Waals surface area contributed by atoms with Gasteiger partial charge < -0.3 is 10.4 Å². The first-order valence-corrected chi connectivity index (χ1v) is 6.95. The molecule has 0 saturated heterocycles. The first kappa shape index (κ1) is 14.8. The summed E-state index contributed by atoms with van der Waals surface area (Å²) >= 11 is 0. The number of carbonyl (C=O) groups excluding carboxylic acids is 1. The van der Waals surface area contributed by atoms with Crippen molar-refractivity contribution in [2.75, 3.05) is 5.32 Å². The van der Waals surface area contributed by atoms with Crippen LogP contribution in [0.15, 0.2) is 54.7 Å². The lowest BCUT2D eigenvalue weighted by molar-refractivity contribution is 0.101. The number of nitrogens with zero attached hydrogens (tertiary/aromatic N) is 2. The molecule has 1 heterocycles. The van der Waals surface area contributed by atoms with Gasteiger partial charge in [-0.15, -0.1) is 0 Å². The number of halogens is 1. The number of benzene rings is 2. The van der Waals surface area contributed by atoms with E-state index in [2.05, 4.69) is 10.4 Å². The second kappa shape index (κ2) is 5.92. The van der Waals surface area contributed by atoms with Crippen LogP contribution in [0.4, 0.5) is 10.1 Å². The van der Waals surface area contributed by atoms with E-state index < -0.39 is 5.91 Å². The summed E-state index contributed by atoms with van der Waals surface area (Å²) in [7, 11) is 0. The van der Waals surface area contributed by atoms with Crippen molar-refractivity contribution in [3.8, 4) is 11.4 Å². The van der Waals surface area contributed by atoms with Crippen LogP contribution in [-0.4, -0.2) is 20.8 Å². The van der Waals surface area contributed by atoms with E-state index in [-0.39, 0.29) is 17.3 Å². The summed E-state index contributed by atoms with van der Waals surface area (Å²) in [6, 6.07) is 12.9. The van der Waals surface area contributed by atoms with Gasteiger partial charge in [-0.3, -0.25) is 4.79 Å². The van der Waals surface area contributed by atoms with Crippen LogP contribution in [-0.2, 0) is 0 Å². The Bertz CT molecular complexity index is 857. The standard InChI is InChI=1S/C17H14FN3O2/c1-11-3-2-4-13(9-11)19-17(23)16-15(22)10-21(20-16)14-7-5-12(18)6-8-14/h2-10,22H,1H3,(H,19,23). The van der Waals surface area contributed by atoms with E-state index in [1.54, 1.807) is 6.07 Å². The molecule has 0 spiro atoms. The normalized spacial score (nSPS) is 10.5. The maximum Gasteiger partial charge on any atom is 0.280 e. The van der Waals surface area contributed by atoms with E-state index in [4.69, 9.17) is 0 Å². The summed E-state index contributed by atoms with van der Waals surface area (Å²) in [5, 5.41) is 16.7. The molecule has 2 aromatic carbocycles. The van der Waals surface area contributed by atoms with Crippen LogP contribution in [0.1, 0.15) is 16.1 Å². The molecule has 0 saturated carbocycles. The van der Waals surface area contributed by atoms with Gasteiger partial charge in [0.15, 0.2) is 11.4 Å². The number of hydrogen-bond donors (Lipinski definition) is 2. The highest BCUT2D eigenvalue weighted by Crippen LogP contribution is 2.20. The van der Waals surface area contributed by atoms with Gasteiger partial charge in [0.25, 0.3) is 5.91 Å². The molecule has 0 radical (unpaired) electrons. The lowest BCUT2D eigenvalue weighted by Crippen LogP contribution is -2.13. The van der Waals surface area contributed by atoms with Gasteiger partial charge >= 0.3 is 0 Å². The van der Waals surface area contributed by atoms with Crippen LogP contribution >= 0.6 is 0 Å². The molecule has 1 amide bonds. The van der Waals surface area contributed by atoms with Crippen LogP contribution in [0.2, 0.25) is 0 Å². The molecular weight excluding hydrogens is 297 g/mol. The number of aryl methyl sites for hydroxylation is 1. The first-order valence-electron chi connectivity index (χ1n) is 6.95. The lowest BCUT2D eigenvalue weighted by atomic mass is 10.2. The Labute approximate surface area is 132 Å². The van der Waals surface area contributed by atoms with Crippen molar-refractivity contribution in [2.45, 2.75) is 6.92 Å². The van der Waals surface area contributed by atoms with Gasteiger partial charge in [-0.1, -0.05) is 12.1 Å². The van der Waals surface area contributed by atoms with Gasteiger partial charge in [0.05, 0.1) is 11.9 Å². The third-order valence-electron chi connectivity index (χ3n) is 3.28. The summed E-state index contributed by atoms with van der Waals surface area (Å²) in [5.41, 5.74) is 2.06. The average Bonchev–Trinajstić information content (AvgIpc) is 2.90. The Morgan fingerprint density at radius 2 is 1.96 bits per heavy atom. The summed E-state index contributed by atoms with van der Waals surface area (Å²) < 4.78 is 14.3. The fourth-order valence-corrected chi connectivity index (χ4v) is 2.17. The van der Waals surface area contributed by atoms with E-state index >= 15 is 0 Å². The fraction of sp³-hybridized carbons (Fsp3) is 0.0588. The minimum Gasteiger partial charge on any atom is -0.504 e. The molecule has 0 bridgehead atoms. The van der Waals surface area contributed by atoms with Crippen LogP contribution in [0, 0.1) is 12.7 Å². The quantitative estimate of drug-likeness (QED) is 0.780. The molecule has 2 N–H and O–H groups in total. The molecule has 0 aliphatic heterocycles. The maximum absolute atomic E-state index is 12.9. The second-order valence-electron chi connectivity index (χ2n) is 5.11. The zero-order valence-corrected chi connectivity index (χ0v) is 12.3. The highest BCUT2D eigenvalue weighted by atomic mass is 19.1. The van der Waals surface area contributed by atoms with Crippen molar-refractivity contribution in [3.63, 3.8) is 0 Å². The van der Waals surface area contributed by atoms with Gasteiger partial charge in [0.2, 0.25) is 0 Å². The van der Waals surface area contributed by atoms with E-state index in [0.717, 1.165) is 5.56 Å². The molecule has 0 unspecified atom stereocenters. The summed E-state index contributed by atoms with van der Waals surface area (Å²) in [5.74, 6) is -1.14. The lowest BCUT2D eigenvalue weighted by Gasteiger charge is -2.04. The molecule has 0 atom stereocenters. The van der Waals surface area contributed by atoms with Gasteiger partial charge in [-0.05, 0) is 48.9 Å². The molecule has 3 aromatic rings. The highest BCUT2D eigenvalue weighted by Gasteiger charge is 2.17. The molecule has 0 fully saturated rings. The Kier molecular flexibility index (Phi) is 3.80. The van der Waals surface area contributed by atoms with Crippen molar-refractivity contribution in [3.05, 3.63) is 71.8 Å². The van der Waals surface area contributed by atoms with Crippen molar-refractivity contribution < 1.29 is 14.3 Å². The average molecular weight is 311 g/mol. The SMILES string of the molecule is Cc1cccc(NC(=O)c2nn(-c3ccc(F)cc3)cc2O)c1. The fourth-order valence-electron chi connectivity index (χ4n) is 2.17. The van der Waals surface area contributed by atoms with Crippen molar-refractivity contribution in [1.29, 1.82) is 0 Å². The second-order valence-corrected chi connectivity index (χ2v) is 5.11. The molecule has 1 aromatic heterocycles. The Hall–Kier alpha value is -3.15. The smallest absolute Gasteiger partial charge is 0.280 e. The van der Waals surface area contributed by atoms with Gasteiger partial charge in [-0.25, -0.2) is 9.07 Å². The molecule has 5 nitrogen and oxygen atoms in total. The number of hydrogen-bond acceptors (Lipinski definition) is 3. The zero-order valence-electron chi connectivity index (χ0n) is 12.3. The van der Waals surface area contributed by atoms with Gasteiger partial charge in [0, 0.05) is 5.69 Å². The van der Waals surface area contributed by atoms with Gasteiger partial charge in [-0.2, -0.15) is 5.10 Å². The van der Waals surface area contributed by atoms with Gasteiger partial charge in [0.1, 0.15) is 5.82 Å². The number of aromatic nitrogens is 2. The Balaban J connectivity index is 1.85. The predicted molar refractivity (Wildman–Crippen MR) is 84.3 cm³/mol. The first-order chi connectivity index (χ1) is 11.0. The Morgan fingerprint density at radius 3 is 2.65 bits per heavy atom. The Morgan fingerprint density at radius 1 is 1.22 bits per heavy atom. The third-order valence-corrected chi connectivity index (χ3v) is 3.28. The summed E-state index contributed by atoms with van der Waals surface area (Å²) in [6.07, 6.45) is 1.30.